The highest BCUT2D eigenvalue weighted by atomic mass is 35.5. The van der Waals surface area contributed by atoms with E-state index in [-0.39, 0.29) is 6.04 Å². The van der Waals surface area contributed by atoms with E-state index in [1.165, 1.54) is 5.56 Å². The van der Waals surface area contributed by atoms with Crippen LogP contribution in [0.2, 0.25) is 5.02 Å². The Kier molecular flexibility index (Phi) is 5.01. The minimum absolute atomic E-state index is 0.0411. The van der Waals surface area contributed by atoms with E-state index in [4.69, 9.17) is 22.2 Å². The lowest BCUT2D eigenvalue weighted by Crippen LogP contribution is -2.30. The molecule has 0 aliphatic rings. The van der Waals surface area contributed by atoms with Gasteiger partial charge in [-0.25, -0.2) is 0 Å². The second-order valence-corrected chi connectivity index (χ2v) is 5.21. The Morgan fingerprint density at radius 3 is 2.70 bits per heavy atom. The Hall–Kier alpha value is -1.55. The molecule has 0 aliphatic heterocycles. The van der Waals surface area contributed by atoms with E-state index in [9.17, 15) is 0 Å². The fourth-order valence-corrected chi connectivity index (χ4v) is 2.55. The van der Waals surface area contributed by atoms with Gasteiger partial charge in [0.15, 0.2) is 0 Å². The van der Waals surface area contributed by atoms with Crippen molar-refractivity contribution >= 4 is 11.6 Å². The highest BCUT2D eigenvalue weighted by Crippen LogP contribution is 2.25. The zero-order valence-corrected chi connectivity index (χ0v) is 12.4. The van der Waals surface area contributed by atoms with Crippen molar-refractivity contribution in [3.8, 4) is 5.75 Å². The summed E-state index contributed by atoms with van der Waals surface area (Å²) in [5.74, 6) is 6.57. The van der Waals surface area contributed by atoms with E-state index in [0.717, 1.165) is 28.3 Å². The standard InChI is InChI=1S/C16H19ClN2O/c1-11-8-13(17)6-7-15(11)16(19-18)10-12-4-3-5-14(9-12)20-2/h3-9,16,19H,10,18H2,1-2H3. The molecule has 0 radical (unpaired) electrons. The van der Waals surface area contributed by atoms with Crippen molar-refractivity contribution in [2.24, 2.45) is 5.84 Å². The van der Waals surface area contributed by atoms with Gasteiger partial charge in [0, 0.05) is 5.02 Å². The molecule has 0 spiro atoms. The summed E-state index contributed by atoms with van der Waals surface area (Å²) in [6.07, 6.45) is 0.788. The third-order valence-corrected chi connectivity index (χ3v) is 3.62. The van der Waals surface area contributed by atoms with Crippen molar-refractivity contribution in [1.82, 2.24) is 5.43 Å². The number of aryl methyl sites for hydroxylation is 1. The van der Waals surface area contributed by atoms with Crippen LogP contribution in [0.25, 0.3) is 0 Å². The van der Waals surface area contributed by atoms with E-state index in [1.54, 1.807) is 7.11 Å². The average molecular weight is 291 g/mol. The lowest BCUT2D eigenvalue weighted by molar-refractivity contribution is 0.414. The van der Waals surface area contributed by atoms with Gasteiger partial charge in [-0.2, -0.15) is 0 Å². The molecule has 0 heterocycles. The first-order valence-electron chi connectivity index (χ1n) is 6.49. The van der Waals surface area contributed by atoms with Crippen LogP contribution in [-0.4, -0.2) is 7.11 Å². The van der Waals surface area contributed by atoms with Gasteiger partial charge < -0.3 is 4.74 Å². The molecule has 20 heavy (non-hydrogen) atoms. The summed E-state index contributed by atoms with van der Waals surface area (Å²) >= 11 is 6.00. The summed E-state index contributed by atoms with van der Waals surface area (Å²) in [7, 11) is 1.67. The SMILES string of the molecule is COc1cccc(CC(NN)c2ccc(Cl)cc2C)c1. The molecule has 0 amide bonds. The average Bonchev–Trinajstić information content (AvgIpc) is 2.45. The Balaban J connectivity index is 2.23. The van der Waals surface area contributed by atoms with Crippen molar-refractivity contribution in [2.45, 2.75) is 19.4 Å². The monoisotopic (exact) mass is 290 g/mol. The zero-order chi connectivity index (χ0) is 14.5. The van der Waals surface area contributed by atoms with Gasteiger partial charge >= 0.3 is 0 Å². The number of rotatable bonds is 5. The highest BCUT2D eigenvalue weighted by Gasteiger charge is 2.13. The van der Waals surface area contributed by atoms with E-state index in [1.807, 2.05) is 43.3 Å². The Labute approximate surface area is 124 Å². The van der Waals surface area contributed by atoms with Crippen LogP contribution in [0, 0.1) is 6.92 Å². The number of methoxy groups -OCH3 is 1. The zero-order valence-electron chi connectivity index (χ0n) is 11.7. The van der Waals surface area contributed by atoms with Crippen molar-refractivity contribution < 1.29 is 4.74 Å². The normalized spacial score (nSPS) is 12.2. The molecule has 2 aromatic carbocycles. The van der Waals surface area contributed by atoms with Crippen molar-refractivity contribution in [1.29, 1.82) is 0 Å². The predicted molar refractivity (Wildman–Crippen MR) is 83.0 cm³/mol. The largest absolute Gasteiger partial charge is 0.497 e. The molecule has 0 saturated heterocycles. The molecule has 3 nitrogen and oxygen atoms in total. The molecule has 4 heteroatoms. The fraction of sp³-hybridized carbons (Fsp3) is 0.250. The van der Waals surface area contributed by atoms with Gasteiger partial charge in [-0.05, 0) is 54.3 Å². The lowest BCUT2D eigenvalue weighted by Gasteiger charge is -2.19. The first-order valence-corrected chi connectivity index (χ1v) is 6.87. The van der Waals surface area contributed by atoms with Gasteiger partial charge in [-0.15, -0.1) is 0 Å². The second-order valence-electron chi connectivity index (χ2n) is 4.78. The van der Waals surface area contributed by atoms with Crippen molar-refractivity contribution in [3.05, 3.63) is 64.2 Å². The molecule has 0 bridgehead atoms. The van der Waals surface area contributed by atoms with Crippen LogP contribution < -0.4 is 16.0 Å². The Morgan fingerprint density at radius 2 is 2.05 bits per heavy atom. The summed E-state index contributed by atoms with van der Waals surface area (Å²) in [5.41, 5.74) is 6.33. The van der Waals surface area contributed by atoms with E-state index < -0.39 is 0 Å². The molecule has 2 aromatic rings. The van der Waals surface area contributed by atoms with E-state index in [2.05, 4.69) is 11.5 Å². The summed E-state index contributed by atoms with van der Waals surface area (Å²) in [5, 5.41) is 0.739. The first-order chi connectivity index (χ1) is 9.63. The molecule has 0 fully saturated rings. The minimum atomic E-state index is 0.0411. The number of hydrogen-bond acceptors (Lipinski definition) is 3. The summed E-state index contributed by atoms with van der Waals surface area (Å²) in [4.78, 5) is 0. The number of hydrogen-bond donors (Lipinski definition) is 2. The van der Waals surface area contributed by atoms with Gasteiger partial charge in [-0.1, -0.05) is 29.8 Å². The third kappa shape index (κ3) is 3.51. The maximum atomic E-state index is 6.00. The van der Waals surface area contributed by atoms with Gasteiger partial charge in [-0.3, -0.25) is 11.3 Å². The molecular formula is C16H19ClN2O. The topological polar surface area (TPSA) is 47.3 Å². The number of benzene rings is 2. The van der Waals surface area contributed by atoms with Gasteiger partial charge in [0.2, 0.25) is 0 Å². The highest BCUT2D eigenvalue weighted by molar-refractivity contribution is 6.30. The summed E-state index contributed by atoms with van der Waals surface area (Å²) in [6.45, 7) is 2.04. The summed E-state index contributed by atoms with van der Waals surface area (Å²) in [6, 6.07) is 13.9. The van der Waals surface area contributed by atoms with Gasteiger partial charge in [0.05, 0.1) is 13.2 Å². The van der Waals surface area contributed by atoms with Crippen LogP contribution in [0.5, 0.6) is 5.75 Å². The fourth-order valence-electron chi connectivity index (χ4n) is 2.32. The van der Waals surface area contributed by atoms with E-state index in [0.29, 0.717) is 0 Å². The first kappa shape index (κ1) is 14.9. The third-order valence-electron chi connectivity index (χ3n) is 3.38. The Bertz CT molecular complexity index is 586. The van der Waals surface area contributed by atoms with Crippen LogP contribution in [0.4, 0.5) is 0 Å². The number of ether oxygens (including phenoxy) is 1. The van der Waals surface area contributed by atoms with Crippen LogP contribution in [0.15, 0.2) is 42.5 Å². The lowest BCUT2D eigenvalue weighted by atomic mass is 9.96. The number of nitrogens with two attached hydrogens (primary N) is 1. The molecule has 0 saturated carbocycles. The Morgan fingerprint density at radius 1 is 1.25 bits per heavy atom. The number of nitrogens with one attached hydrogen (secondary N) is 1. The number of halogens is 1. The van der Waals surface area contributed by atoms with E-state index >= 15 is 0 Å². The number of hydrazine groups is 1. The maximum Gasteiger partial charge on any atom is 0.119 e. The van der Waals surface area contributed by atoms with Crippen LogP contribution >= 0.6 is 11.6 Å². The molecule has 0 aliphatic carbocycles. The van der Waals surface area contributed by atoms with Crippen LogP contribution in [0.3, 0.4) is 0 Å². The minimum Gasteiger partial charge on any atom is -0.497 e. The maximum absolute atomic E-state index is 6.00. The molecule has 1 unspecified atom stereocenters. The van der Waals surface area contributed by atoms with Crippen molar-refractivity contribution in [2.75, 3.05) is 7.11 Å². The smallest absolute Gasteiger partial charge is 0.119 e. The van der Waals surface area contributed by atoms with Crippen LogP contribution in [0.1, 0.15) is 22.7 Å². The van der Waals surface area contributed by atoms with Gasteiger partial charge in [0.25, 0.3) is 0 Å². The van der Waals surface area contributed by atoms with Crippen LogP contribution in [-0.2, 0) is 6.42 Å². The van der Waals surface area contributed by atoms with Gasteiger partial charge in [0.1, 0.15) is 5.75 Å². The predicted octanol–water partition coefficient (Wildman–Crippen LogP) is 3.40. The second kappa shape index (κ2) is 6.75. The molecule has 1 atom stereocenters. The molecule has 2 rings (SSSR count). The quantitative estimate of drug-likeness (QED) is 0.655. The van der Waals surface area contributed by atoms with Crippen molar-refractivity contribution in [3.63, 3.8) is 0 Å². The molecule has 3 N–H and O–H groups in total. The summed E-state index contributed by atoms with van der Waals surface area (Å²) < 4.78 is 5.25. The molecule has 106 valence electrons. The molecule has 0 aromatic heterocycles. The molecular weight excluding hydrogens is 272 g/mol.